The molecule has 0 aliphatic carbocycles. The number of rotatable bonds is 7. The highest BCUT2D eigenvalue weighted by Gasteiger charge is 2.03. The van der Waals surface area contributed by atoms with Crippen LogP contribution >= 0.6 is 0 Å². The second kappa shape index (κ2) is 7.85. The first-order valence-electron chi connectivity index (χ1n) is 7.16. The van der Waals surface area contributed by atoms with E-state index >= 15 is 0 Å². The highest BCUT2D eigenvalue weighted by Crippen LogP contribution is 2.18. The third kappa shape index (κ3) is 4.46. The number of aromatic nitrogens is 2. The average molecular weight is 281 g/mol. The molecule has 0 aliphatic rings. The van der Waals surface area contributed by atoms with Crippen LogP contribution in [0.3, 0.4) is 0 Å². The normalized spacial score (nSPS) is 9.90. The zero-order valence-corrected chi connectivity index (χ0v) is 12.1. The van der Waals surface area contributed by atoms with Gasteiger partial charge in [-0.05, 0) is 24.6 Å². The van der Waals surface area contributed by atoms with Crippen LogP contribution < -0.4 is 10.6 Å². The Kier molecular flexibility index (Phi) is 5.53. The number of unbranched alkanes of at least 4 members (excludes halogenated alkanes) is 2. The van der Waals surface area contributed by atoms with Gasteiger partial charge in [-0.15, -0.1) is 0 Å². The Morgan fingerprint density at radius 3 is 2.86 bits per heavy atom. The Balaban J connectivity index is 2.02. The Labute approximate surface area is 125 Å². The average Bonchev–Trinajstić information content (AvgIpc) is 2.52. The first-order valence-corrected chi connectivity index (χ1v) is 7.16. The van der Waals surface area contributed by atoms with Crippen LogP contribution in [0.5, 0.6) is 0 Å². The number of nitrogens with one attached hydrogen (secondary N) is 2. The highest BCUT2D eigenvalue weighted by atomic mass is 15.1. The molecule has 5 nitrogen and oxygen atoms in total. The SMILES string of the molecule is CCCCCNc1ccnc(Nc2ccccc2C#N)n1. The van der Waals surface area contributed by atoms with Gasteiger partial charge in [-0.1, -0.05) is 31.9 Å². The highest BCUT2D eigenvalue weighted by molar-refractivity contribution is 5.63. The van der Waals surface area contributed by atoms with E-state index in [0.29, 0.717) is 17.2 Å². The third-order valence-electron chi connectivity index (χ3n) is 3.04. The third-order valence-corrected chi connectivity index (χ3v) is 3.04. The molecule has 0 saturated heterocycles. The molecule has 21 heavy (non-hydrogen) atoms. The van der Waals surface area contributed by atoms with Gasteiger partial charge in [0.2, 0.25) is 5.95 Å². The van der Waals surface area contributed by atoms with Crippen LogP contribution in [-0.4, -0.2) is 16.5 Å². The van der Waals surface area contributed by atoms with Crippen LogP contribution in [0.1, 0.15) is 31.7 Å². The summed E-state index contributed by atoms with van der Waals surface area (Å²) >= 11 is 0. The van der Waals surface area contributed by atoms with E-state index in [4.69, 9.17) is 5.26 Å². The predicted octanol–water partition coefficient (Wildman–Crippen LogP) is 3.69. The Morgan fingerprint density at radius 1 is 1.19 bits per heavy atom. The number of hydrogen-bond donors (Lipinski definition) is 2. The number of hydrogen-bond acceptors (Lipinski definition) is 5. The van der Waals surface area contributed by atoms with E-state index in [1.54, 1.807) is 12.3 Å². The molecule has 5 heteroatoms. The minimum Gasteiger partial charge on any atom is -0.370 e. The van der Waals surface area contributed by atoms with Crippen molar-refractivity contribution in [2.24, 2.45) is 0 Å². The van der Waals surface area contributed by atoms with Crippen molar-refractivity contribution in [2.45, 2.75) is 26.2 Å². The second-order valence-electron chi connectivity index (χ2n) is 4.68. The molecule has 0 saturated carbocycles. The fourth-order valence-electron chi connectivity index (χ4n) is 1.92. The molecule has 0 fully saturated rings. The van der Waals surface area contributed by atoms with Gasteiger partial charge in [0.05, 0.1) is 11.3 Å². The summed E-state index contributed by atoms with van der Waals surface area (Å²) < 4.78 is 0. The summed E-state index contributed by atoms with van der Waals surface area (Å²) in [5.41, 5.74) is 1.28. The van der Waals surface area contributed by atoms with Crippen LogP contribution in [0.2, 0.25) is 0 Å². The van der Waals surface area contributed by atoms with E-state index in [1.165, 1.54) is 12.8 Å². The molecule has 0 atom stereocenters. The molecule has 108 valence electrons. The molecule has 0 aliphatic heterocycles. The van der Waals surface area contributed by atoms with E-state index in [9.17, 15) is 0 Å². The monoisotopic (exact) mass is 281 g/mol. The van der Waals surface area contributed by atoms with Crippen LogP contribution in [0.4, 0.5) is 17.5 Å². The lowest BCUT2D eigenvalue weighted by molar-refractivity contribution is 0.742. The molecule has 1 aromatic carbocycles. The molecule has 1 heterocycles. The van der Waals surface area contributed by atoms with Crippen molar-refractivity contribution >= 4 is 17.5 Å². The van der Waals surface area contributed by atoms with Gasteiger partial charge >= 0.3 is 0 Å². The molecular weight excluding hydrogens is 262 g/mol. The van der Waals surface area contributed by atoms with Crippen molar-refractivity contribution in [1.29, 1.82) is 5.26 Å². The lowest BCUT2D eigenvalue weighted by Crippen LogP contribution is -2.05. The van der Waals surface area contributed by atoms with Crippen molar-refractivity contribution < 1.29 is 0 Å². The second-order valence-corrected chi connectivity index (χ2v) is 4.68. The van der Waals surface area contributed by atoms with Gasteiger partial charge in [-0.25, -0.2) is 4.98 Å². The Hall–Kier alpha value is -2.61. The van der Waals surface area contributed by atoms with Crippen molar-refractivity contribution in [1.82, 2.24) is 9.97 Å². The zero-order valence-electron chi connectivity index (χ0n) is 12.1. The molecule has 0 amide bonds. The minimum absolute atomic E-state index is 0.484. The molecule has 2 N–H and O–H groups in total. The van der Waals surface area contributed by atoms with E-state index in [2.05, 4.69) is 33.6 Å². The van der Waals surface area contributed by atoms with Gasteiger partial charge in [-0.2, -0.15) is 10.2 Å². The van der Waals surface area contributed by atoms with E-state index in [-0.39, 0.29) is 0 Å². The largest absolute Gasteiger partial charge is 0.370 e. The smallest absolute Gasteiger partial charge is 0.229 e. The van der Waals surface area contributed by atoms with Gasteiger partial charge in [-0.3, -0.25) is 0 Å². The maximum Gasteiger partial charge on any atom is 0.229 e. The number of nitriles is 1. The number of benzene rings is 1. The van der Waals surface area contributed by atoms with E-state index < -0.39 is 0 Å². The van der Waals surface area contributed by atoms with Gasteiger partial charge in [0.15, 0.2) is 0 Å². The molecule has 0 spiro atoms. The summed E-state index contributed by atoms with van der Waals surface area (Å²) in [6, 6.07) is 11.3. The van der Waals surface area contributed by atoms with Crippen LogP contribution in [0, 0.1) is 11.3 Å². The fourth-order valence-corrected chi connectivity index (χ4v) is 1.92. The quantitative estimate of drug-likeness (QED) is 0.757. The number of anilines is 3. The lowest BCUT2D eigenvalue weighted by atomic mass is 10.2. The van der Waals surface area contributed by atoms with Gasteiger partial charge in [0.1, 0.15) is 11.9 Å². The first kappa shape index (κ1) is 14.8. The van der Waals surface area contributed by atoms with E-state index in [0.717, 1.165) is 18.8 Å². The predicted molar refractivity (Wildman–Crippen MR) is 84.5 cm³/mol. The molecule has 2 aromatic rings. The molecule has 1 aromatic heterocycles. The zero-order chi connectivity index (χ0) is 14.9. The number of para-hydroxylation sites is 1. The van der Waals surface area contributed by atoms with E-state index in [1.807, 2.05) is 24.3 Å². The molecule has 0 bridgehead atoms. The molecular formula is C16H19N5. The fraction of sp³-hybridized carbons (Fsp3) is 0.312. The number of nitrogens with zero attached hydrogens (tertiary/aromatic N) is 3. The van der Waals surface area contributed by atoms with Crippen molar-refractivity contribution in [3.05, 3.63) is 42.1 Å². The van der Waals surface area contributed by atoms with Crippen molar-refractivity contribution in [3.8, 4) is 6.07 Å². The van der Waals surface area contributed by atoms with Crippen molar-refractivity contribution in [2.75, 3.05) is 17.2 Å². The standard InChI is InChI=1S/C16H19N5/c1-2-3-6-10-18-15-9-11-19-16(21-15)20-14-8-5-4-7-13(14)12-17/h4-5,7-9,11H,2-3,6,10H2,1H3,(H2,18,19,20,21). The summed E-state index contributed by atoms with van der Waals surface area (Å²) in [7, 11) is 0. The molecule has 2 rings (SSSR count). The van der Waals surface area contributed by atoms with Crippen LogP contribution in [0.15, 0.2) is 36.5 Å². The maximum atomic E-state index is 9.07. The first-order chi connectivity index (χ1) is 10.3. The summed E-state index contributed by atoms with van der Waals surface area (Å²) in [6.45, 7) is 3.08. The molecule has 0 unspecified atom stereocenters. The minimum atomic E-state index is 0.484. The topological polar surface area (TPSA) is 73.6 Å². The Bertz CT molecular complexity index is 618. The van der Waals surface area contributed by atoms with Gasteiger partial charge in [0.25, 0.3) is 0 Å². The summed E-state index contributed by atoms with van der Waals surface area (Å²) in [6.07, 6.45) is 5.23. The Morgan fingerprint density at radius 2 is 2.05 bits per heavy atom. The van der Waals surface area contributed by atoms with Crippen LogP contribution in [-0.2, 0) is 0 Å². The van der Waals surface area contributed by atoms with Crippen molar-refractivity contribution in [3.63, 3.8) is 0 Å². The summed E-state index contributed by atoms with van der Waals surface area (Å²) in [4.78, 5) is 8.58. The summed E-state index contributed by atoms with van der Waals surface area (Å²) in [5.74, 6) is 1.27. The molecule has 0 radical (unpaired) electrons. The summed E-state index contributed by atoms with van der Waals surface area (Å²) in [5, 5.41) is 15.4. The van der Waals surface area contributed by atoms with Crippen LogP contribution in [0.25, 0.3) is 0 Å². The van der Waals surface area contributed by atoms with Gasteiger partial charge < -0.3 is 10.6 Å². The maximum absolute atomic E-state index is 9.07. The van der Waals surface area contributed by atoms with Gasteiger partial charge in [0, 0.05) is 12.7 Å². The lowest BCUT2D eigenvalue weighted by Gasteiger charge is -2.09.